The SMILES string of the molecule is CCN(CC)CC1CCN(C(=O)Nc2ccc(Cl)c(Cl)c2)CC1. The summed E-state index contributed by atoms with van der Waals surface area (Å²) in [7, 11) is 0. The fourth-order valence-corrected chi connectivity index (χ4v) is 3.24. The standard InChI is InChI=1S/C17H25Cl2N3O/c1-3-21(4-2)12-13-7-9-22(10-8-13)17(23)20-14-5-6-15(18)16(19)11-14/h5-6,11,13H,3-4,7-10,12H2,1-2H3,(H,20,23). The van der Waals surface area contributed by atoms with Gasteiger partial charge in [0.15, 0.2) is 0 Å². The molecule has 1 saturated heterocycles. The first-order valence-electron chi connectivity index (χ1n) is 8.26. The van der Waals surface area contributed by atoms with Gasteiger partial charge in [-0.2, -0.15) is 0 Å². The van der Waals surface area contributed by atoms with Crippen molar-refractivity contribution in [2.75, 3.05) is 38.0 Å². The van der Waals surface area contributed by atoms with E-state index in [1.807, 2.05) is 4.90 Å². The van der Waals surface area contributed by atoms with Gasteiger partial charge in [-0.1, -0.05) is 37.0 Å². The molecular weight excluding hydrogens is 333 g/mol. The first-order valence-corrected chi connectivity index (χ1v) is 9.02. The highest BCUT2D eigenvalue weighted by molar-refractivity contribution is 6.42. The molecule has 2 rings (SSSR count). The molecule has 1 N–H and O–H groups in total. The molecule has 23 heavy (non-hydrogen) atoms. The van der Waals surface area contributed by atoms with Crippen molar-refractivity contribution in [3.63, 3.8) is 0 Å². The molecule has 0 radical (unpaired) electrons. The zero-order chi connectivity index (χ0) is 16.8. The average Bonchev–Trinajstić information content (AvgIpc) is 2.56. The van der Waals surface area contributed by atoms with E-state index in [1.165, 1.54) is 0 Å². The van der Waals surface area contributed by atoms with E-state index < -0.39 is 0 Å². The minimum atomic E-state index is -0.0651. The topological polar surface area (TPSA) is 35.6 Å². The lowest BCUT2D eigenvalue weighted by Crippen LogP contribution is -2.43. The van der Waals surface area contributed by atoms with Gasteiger partial charge in [-0.05, 0) is 50.0 Å². The van der Waals surface area contributed by atoms with E-state index in [-0.39, 0.29) is 6.03 Å². The van der Waals surface area contributed by atoms with Crippen molar-refractivity contribution < 1.29 is 4.79 Å². The second kappa shape index (κ2) is 8.76. The van der Waals surface area contributed by atoms with E-state index in [4.69, 9.17) is 23.2 Å². The van der Waals surface area contributed by atoms with E-state index in [1.54, 1.807) is 18.2 Å². The number of likely N-dealkylation sites (tertiary alicyclic amines) is 1. The van der Waals surface area contributed by atoms with Crippen LogP contribution in [0.3, 0.4) is 0 Å². The summed E-state index contributed by atoms with van der Waals surface area (Å²) in [6.07, 6.45) is 2.12. The normalized spacial score (nSPS) is 16.0. The van der Waals surface area contributed by atoms with Gasteiger partial charge in [0.2, 0.25) is 0 Å². The third-order valence-corrected chi connectivity index (χ3v) is 5.22. The molecule has 0 bridgehead atoms. The van der Waals surface area contributed by atoms with Gasteiger partial charge in [0.05, 0.1) is 10.0 Å². The summed E-state index contributed by atoms with van der Waals surface area (Å²) in [6, 6.07) is 5.06. The number of nitrogens with one attached hydrogen (secondary N) is 1. The van der Waals surface area contributed by atoms with Crippen LogP contribution in [0.2, 0.25) is 10.0 Å². The lowest BCUT2D eigenvalue weighted by molar-refractivity contribution is 0.158. The molecule has 0 aliphatic carbocycles. The summed E-state index contributed by atoms with van der Waals surface area (Å²) in [5, 5.41) is 3.83. The lowest BCUT2D eigenvalue weighted by atomic mass is 9.96. The molecule has 0 spiro atoms. The Kier molecular flexibility index (Phi) is 7.00. The van der Waals surface area contributed by atoms with Crippen LogP contribution in [-0.2, 0) is 0 Å². The van der Waals surface area contributed by atoms with Crippen LogP contribution >= 0.6 is 23.2 Å². The quantitative estimate of drug-likeness (QED) is 0.836. The van der Waals surface area contributed by atoms with E-state index >= 15 is 0 Å². The van der Waals surface area contributed by atoms with Crippen molar-refractivity contribution in [1.29, 1.82) is 0 Å². The number of carbonyl (C=O) groups excluding carboxylic acids is 1. The highest BCUT2D eigenvalue weighted by Gasteiger charge is 2.23. The Hall–Kier alpha value is -0.970. The number of anilines is 1. The van der Waals surface area contributed by atoms with E-state index in [2.05, 4.69) is 24.1 Å². The Morgan fingerprint density at radius 2 is 1.87 bits per heavy atom. The van der Waals surface area contributed by atoms with Crippen molar-refractivity contribution in [2.24, 2.45) is 5.92 Å². The van der Waals surface area contributed by atoms with Crippen molar-refractivity contribution in [1.82, 2.24) is 9.80 Å². The van der Waals surface area contributed by atoms with Crippen LogP contribution in [0, 0.1) is 5.92 Å². The van der Waals surface area contributed by atoms with Gasteiger partial charge in [-0.15, -0.1) is 0 Å². The minimum absolute atomic E-state index is 0.0651. The summed E-state index contributed by atoms with van der Waals surface area (Å²) in [4.78, 5) is 16.7. The monoisotopic (exact) mass is 357 g/mol. The zero-order valence-corrected chi connectivity index (χ0v) is 15.3. The number of hydrogen-bond donors (Lipinski definition) is 1. The fraction of sp³-hybridized carbons (Fsp3) is 0.588. The summed E-state index contributed by atoms with van der Waals surface area (Å²) < 4.78 is 0. The Balaban J connectivity index is 1.82. The van der Waals surface area contributed by atoms with Gasteiger partial charge in [-0.3, -0.25) is 0 Å². The average molecular weight is 358 g/mol. The third-order valence-electron chi connectivity index (χ3n) is 4.48. The molecule has 1 aromatic rings. The first-order chi connectivity index (χ1) is 11.0. The van der Waals surface area contributed by atoms with Gasteiger partial charge in [0.1, 0.15) is 0 Å². The van der Waals surface area contributed by atoms with Crippen LogP contribution in [0.15, 0.2) is 18.2 Å². The molecule has 4 nitrogen and oxygen atoms in total. The van der Waals surface area contributed by atoms with Crippen LogP contribution < -0.4 is 5.32 Å². The second-order valence-corrected chi connectivity index (χ2v) is 6.79. The number of hydrogen-bond acceptors (Lipinski definition) is 2. The smallest absolute Gasteiger partial charge is 0.321 e. The molecule has 1 aliphatic heterocycles. The summed E-state index contributed by atoms with van der Waals surface area (Å²) in [5.74, 6) is 0.684. The first kappa shape index (κ1) is 18.4. The molecule has 2 amide bonds. The molecule has 0 saturated carbocycles. The minimum Gasteiger partial charge on any atom is -0.325 e. The van der Waals surface area contributed by atoms with E-state index in [0.717, 1.165) is 45.6 Å². The number of amides is 2. The number of urea groups is 1. The highest BCUT2D eigenvalue weighted by atomic mass is 35.5. The van der Waals surface area contributed by atoms with Crippen molar-refractivity contribution in [3.05, 3.63) is 28.2 Å². The van der Waals surface area contributed by atoms with Gasteiger partial charge in [0.25, 0.3) is 0 Å². The molecular formula is C17H25Cl2N3O. The Labute approximate surface area is 148 Å². The Morgan fingerprint density at radius 3 is 2.43 bits per heavy atom. The molecule has 0 atom stereocenters. The summed E-state index contributed by atoms with van der Waals surface area (Å²) >= 11 is 11.9. The Bertz CT molecular complexity index is 527. The van der Waals surface area contributed by atoms with Crippen molar-refractivity contribution >= 4 is 34.9 Å². The number of rotatable bonds is 5. The van der Waals surface area contributed by atoms with Crippen LogP contribution in [-0.4, -0.2) is 48.6 Å². The molecule has 6 heteroatoms. The van der Waals surface area contributed by atoms with Gasteiger partial charge < -0.3 is 15.1 Å². The van der Waals surface area contributed by atoms with Crippen LogP contribution in [0.1, 0.15) is 26.7 Å². The predicted octanol–water partition coefficient (Wildman–Crippen LogP) is 4.58. The summed E-state index contributed by atoms with van der Waals surface area (Å²) in [5.41, 5.74) is 0.676. The number of benzene rings is 1. The zero-order valence-electron chi connectivity index (χ0n) is 13.8. The summed E-state index contributed by atoms with van der Waals surface area (Å²) in [6.45, 7) is 9.32. The molecule has 1 heterocycles. The number of halogens is 2. The maximum atomic E-state index is 12.3. The highest BCUT2D eigenvalue weighted by Crippen LogP contribution is 2.25. The lowest BCUT2D eigenvalue weighted by Gasteiger charge is -2.34. The second-order valence-electron chi connectivity index (χ2n) is 5.98. The Morgan fingerprint density at radius 1 is 1.22 bits per heavy atom. The molecule has 0 unspecified atom stereocenters. The van der Waals surface area contributed by atoms with Gasteiger partial charge in [-0.25, -0.2) is 4.79 Å². The predicted molar refractivity (Wildman–Crippen MR) is 97.6 cm³/mol. The fourth-order valence-electron chi connectivity index (χ4n) is 2.94. The molecule has 1 aromatic carbocycles. The van der Waals surface area contributed by atoms with E-state index in [0.29, 0.717) is 21.7 Å². The molecule has 128 valence electrons. The van der Waals surface area contributed by atoms with Gasteiger partial charge in [0, 0.05) is 25.3 Å². The van der Waals surface area contributed by atoms with Crippen molar-refractivity contribution in [3.8, 4) is 0 Å². The number of piperidine rings is 1. The molecule has 1 aliphatic rings. The van der Waals surface area contributed by atoms with Crippen molar-refractivity contribution in [2.45, 2.75) is 26.7 Å². The number of carbonyl (C=O) groups is 1. The third kappa shape index (κ3) is 5.27. The van der Waals surface area contributed by atoms with E-state index in [9.17, 15) is 4.79 Å². The van der Waals surface area contributed by atoms with Gasteiger partial charge >= 0.3 is 6.03 Å². The maximum Gasteiger partial charge on any atom is 0.321 e. The van der Waals surface area contributed by atoms with Crippen LogP contribution in [0.5, 0.6) is 0 Å². The largest absolute Gasteiger partial charge is 0.325 e. The number of nitrogens with zero attached hydrogens (tertiary/aromatic N) is 2. The van der Waals surface area contributed by atoms with Crippen LogP contribution in [0.4, 0.5) is 10.5 Å². The van der Waals surface area contributed by atoms with Crippen LogP contribution in [0.25, 0.3) is 0 Å². The molecule has 0 aromatic heterocycles. The maximum absolute atomic E-state index is 12.3. The molecule has 1 fully saturated rings.